The molecular weight excluding hydrogens is 246 g/mol. The molecule has 2 heteroatoms. The topological polar surface area (TPSA) is 21.3 Å². The second-order valence-corrected chi connectivity index (χ2v) is 5.99. The first kappa shape index (κ1) is 17.0. The van der Waals surface area contributed by atoms with Gasteiger partial charge >= 0.3 is 0 Å². The second-order valence-electron chi connectivity index (χ2n) is 5.99. The molecule has 1 rings (SSSR count). The first-order chi connectivity index (χ1) is 9.49. The predicted molar refractivity (Wildman–Crippen MR) is 87.7 cm³/mol. The predicted octanol–water partition coefficient (Wildman–Crippen LogP) is 4.66. The van der Waals surface area contributed by atoms with Gasteiger partial charge in [-0.3, -0.25) is 0 Å². The number of rotatable bonds is 8. The summed E-state index contributed by atoms with van der Waals surface area (Å²) in [5.41, 5.74) is 2.55. The summed E-state index contributed by atoms with van der Waals surface area (Å²) in [5, 5.41) is 3.58. The minimum absolute atomic E-state index is 0.186. The molecule has 0 aliphatic carbocycles. The van der Waals surface area contributed by atoms with Crippen LogP contribution < -0.4 is 10.1 Å². The van der Waals surface area contributed by atoms with Gasteiger partial charge in [0.1, 0.15) is 11.9 Å². The summed E-state index contributed by atoms with van der Waals surface area (Å²) >= 11 is 0. The van der Waals surface area contributed by atoms with Crippen LogP contribution in [0.15, 0.2) is 18.2 Å². The van der Waals surface area contributed by atoms with Gasteiger partial charge in [0.05, 0.1) is 0 Å². The summed E-state index contributed by atoms with van der Waals surface area (Å²) in [6, 6.07) is 6.94. The van der Waals surface area contributed by atoms with Gasteiger partial charge in [-0.1, -0.05) is 39.8 Å². The molecular formula is C18H31NO. The van der Waals surface area contributed by atoms with Crippen molar-refractivity contribution in [3.8, 4) is 5.75 Å². The minimum atomic E-state index is 0.186. The average Bonchev–Trinajstić information content (AvgIpc) is 2.39. The van der Waals surface area contributed by atoms with Gasteiger partial charge in [0.25, 0.3) is 0 Å². The smallest absolute Gasteiger partial charge is 0.123 e. The van der Waals surface area contributed by atoms with Gasteiger partial charge < -0.3 is 10.1 Å². The molecule has 0 spiro atoms. The first-order valence-corrected chi connectivity index (χ1v) is 8.00. The van der Waals surface area contributed by atoms with E-state index in [0.717, 1.165) is 25.1 Å². The number of nitrogens with one attached hydrogen (secondary N) is 1. The Morgan fingerprint density at radius 1 is 1.15 bits per heavy atom. The van der Waals surface area contributed by atoms with Crippen LogP contribution in [-0.4, -0.2) is 18.7 Å². The fraction of sp³-hybridized carbons (Fsp3) is 0.667. The molecule has 1 aromatic carbocycles. The van der Waals surface area contributed by atoms with Gasteiger partial charge in [-0.15, -0.1) is 0 Å². The zero-order valence-corrected chi connectivity index (χ0v) is 14.0. The van der Waals surface area contributed by atoms with Crippen molar-refractivity contribution in [2.24, 2.45) is 0 Å². The van der Waals surface area contributed by atoms with Crippen LogP contribution in [0.2, 0.25) is 0 Å². The number of benzene rings is 1. The number of aryl methyl sites for hydroxylation is 1. The van der Waals surface area contributed by atoms with Gasteiger partial charge in [-0.25, -0.2) is 0 Å². The largest absolute Gasteiger partial charge is 0.489 e. The quantitative estimate of drug-likeness (QED) is 0.746. The monoisotopic (exact) mass is 277 g/mol. The van der Waals surface area contributed by atoms with Gasteiger partial charge in [0, 0.05) is 6.04 Å². The minimum Gasteiger partial charge on any atom is -0.489 e. The third-order valence-corrected chi connectivity index (χ3v) is 3.77. The molecule has 0 amide bonds. The summed E-state index contributed by atoms with van der Waals surface area (Å²) in [7, 11) is 0. The maximum absolute atomic E-state index is 6.28. The van der Waals surface area contributed by atoms with Crippen molar-refractivity contribution in [1.29, 1.82) is 0 Å². The highest BCUT2D eigenvalue weighted by molar-refractivity contribution is 5.39. The van der Waals surface area contributed by atoms with E-state index in [1.807, 2.05) is 0 Å². The Bertz CT molecular complexity index is 400. The SMILES string of the molecule is CCCNC(CC)C(C)Oc1cc(C)ccc1C(C)C. The highest BCUT2D eigenvalue weighted by Gasteiger charge is 2.18. The van der Waals surface area contributed by atoms with E-state index in [1.54, 1.807) is 0 Å². The van der Waals surface area contributed by atoms with Gasteiger partial charge in [0.15, 0.2) is 0 Å². The summed E-state index contributed by atoms with van der Waals surface area (Å²) in [6.45, 7) is 14.2. The molecule has 114 valence electrons. The van der Waals surface area contributed by atoms with E-state index < -0.39 is 0 Å². The Balaban J connectivity index is 2.82. The van der Waals surface area contributed by atoms with E-state index >= 15 is 0 Å². The molecule has 0 heterocycles. The third-order valence-electron chi connectivity index (χ3n) is 3.77. The van der Waals surface area contributed by atoms with Crippen molar-refractivity contribution in [3.63, 3.8) is 0 Å². The molecule has 2 atom stereocenters. The highest BCUT2D eigenvalue weighted by Crippen LogP contribution is 2.28. The molecule has 0 aromatic heterocycles. The van der Waals surface area contributed by atoms with Gasteiger partial charge in [0.2, 0.25) is 0 Å². The Morgan fingerprint density at radius 2 is 1.85 bits per heavy atom. The van der Waals surface area contributed by atoms with Crippen molar-refractivity contribution in [2.75, 3.05) is 6.54 Å². The lowest BCUT2D eigenvalue weighted by Gasteiger charge is -2.27. The van der Waals surface area contributed by atoms with Crippen LogP contribution in [0.25, 0.3) is 0 Å². The molecule has 0 aliphatic heterocycles. The Kier molecular flexibility index (Phi) is 7.08. The van der Waals surface area contributed by atoms with Gasteiger partial charge in [-0.2, -0.15) is 0 Å². The number of hydrogen-bond donors (Lipinski definition) is 1. The fourth-order valence-electron chi connectivity index (χ4n) is 2.47. The zero-order valence-electron chi connectivity index (χ0n) is 14.0. The molecule has 0 bridgehead atoms. The van der Waals surface area contributed by atoms with E-state index in [-0.39, 0.29) is 6.10 Å². The van der Waals surface area contributed by atoms with Crippen LogP contribution in [-0.2, 0) is 0 Å². The van der Waals surface area contributed by atoms with E-state index in [4.69, 9.17) is 4.74 Å². The number of hydrogen-bond acceptors (Lipinski definition) is 2. The number of ether oxygens (including phenoxy) is 1. The average molecular weight is 277 g/mol. The molecule has 0 aliphatic rings. The zero-order chi connectivity index (χ0) is 15.1. The van der Waals surface area contributed by atoms with E-state index in [9.17, 15) is 0 Å². The standard InChI is InChI=1S/C18H31NO/c1-7-11-19-17(8-2)15(6)20-18-12-14(5)9-10-16(18)13(3)4/h9-10,12-13,15,17,19H,7-8,11H2,1-6H3. The van der Waals surface area contributed by atoms with Crippen LogP contribution in [0.4, 0.5) is 0 Å². The Labute approximate surface area is 124 Å². The molecule has 0 saturated heterocycles. The van der Waals surface area contributed by atoms with Crippen LogP contribution >= 0.6 is 0 Å². The van der Waals surface area contributed by atoms with E-state index in [0.29, 0.717) is 12.0 Å². The van der Waals surface area contributed by atoms with Crippen molar-refractivity contribution in [2.45, 2.75) is 72.4 Å². The Hall–Kier alpha value is -1.02. The molecule has 20 heavy (non-hydrogen) atoms. The lowest BCUT2D eigenvalue weighted by Crippen LogP contribution is -2.41. The molecule has 1 N–H and O–H groups in total. The third kappa shape index (κ3) is 4.82. The summed E-state index contributed by atoms with van der Waals surface area (Å²) in [5.74, 6) is 1.53. The van der Waals surface area contributed by atoms with Gasteiger partial charge in [-0.05, 0) is 56.3 Å². The van der Waals surface area contributed by atoms with Crippen molar-refractivity contribution >= 4 is 0 Å². The van der Waals surface area contributed by atoms with Crippen molar-refractivity contribution in [1.82, 2.24) is 5.32 Å². The summed E-state index contributed by atoms with van der Waals surface area (Å²) in [4.78, 5) is 0. The molecule has 2 nitrogen and oxygen atoms in total. The van der Waals surface area contributed by atoms with E-state index in [2.05, 4.69) is 65.1 Å². The van der Waals surface area contributed by atoms with Crippen LogP contribution in [0.1, 0.15) is 64.5 Å². The molecule has 2 unspecified atom stereocenters. The van der Waals surface area contributed by atoms with Crippen LogP contribution in [0.3, 0.4) is 0 Å². The normalized spacial score (nSPS) is 14.3. The van der Waals surface area contributed by atoms with Crippen LogP contribution in [0, 0.1) is 6.92 Å². The summed E-state index contributed by atoms with van der Waals surface area (Å²) in [6.07, 6.45) is 2.43. The maximum Gasteiger partial charge on any atom is 0.123 e. The lowest BCUT2D eigenvalue weighted by molar-refractivity contribution is 0.165. The highest BCUT2D eigenvalue weighted by atomic mass is 16.5. The first-order valence-electron chi connectivity index (χ1n) is 8.00. The lowest BCUT2D eigenvalue weighted by atomic mass is 10.0. The van der Waals surface area contributed by atoms with E-state index in [1.165, 1.54) is 11.1 Å². The fourth-order valence-corrected chi connectivity index (χ4v) is 2.47. The van der Waals surface area contributed by atoms with Crippen molar-refractivity contribution in [3.05, 3.63) is 29.3 Å². The molecule has 0 radical (unpaired) electrons. The maximum atomic E-state index is 6.28. The summed E-state index contributed by atoms with van der Waals surface area (Å²) < 4.78 is 6.28. The molecule has 1 aromatic rings. The second kappa shape index (κ2) is 8.31. The van der Waals surface area contributed by atoms with Crippen molar-refractivity contribution < 1.29 is 4.74 Å². The molecule has 0 fully saturated rings. The van der Waals surface area contributed by atoms with Crippen LogP contribution in [0.5, 0.6) is 5.75 Å². The molecule has 0 saturated carbocycles. The Morgan fingerprint density at radius 3 is 2.40 bits per heavy atom.